The standard InChI is InChI=1S/C24H25BrO3S/c1-4-5-23-21(25)14-24(29-23)22(26)13-12-19-10-11-20(28-19)15-27-18-8-6-17(7-9-18)16(2)3/h6-14,16H,4-5,15H2,1-3H3/b13-12+. The number of carbonyl (C=O) groups is 1. The highest BCUT2D eigenvalue weighted by Crippen LogP contribution is 2.29. The van der Waals surface area contributed by atoms with E-state index in [2.05, 4.69) is 48.8 Å². The number of ether oxygens (including phenoxy) is 1. The number of furan rings is 1. The van der Waals surface area contributed by atoms with E-state index in [0.717, 1.165) is 27.9 Å². The van der Waals surface area contributed by atoms with E-state index in [0.29, 0.717) is 24.0 Å². The van der Waals surface area contributed by atoms with E-state index in [1.807, 2.05) is 30.3 Å². The summed E-state index contributed by atoms with van der Waals surface area (Å²) in [6.07, 6.45) is 5.30. The van der Waals surface area contributed by atoms with Crippen molar-refractivity contribution in [2.45, 2.75) is 46.1 Å². The SMILES string of the molecule is CCCc1sc(C(=O)/C=C/c2ccc(COc3ccc(C(C)C)cc3)o2)cc1Br. The number of carbonyl (C=O) groups excluding carboxylic acids is 1. The molecule has 0 N–H and O–H groups in total. The predicted molar refractivity (Wildman–Crippen MR) is 123 cm³/mol. The summed E-state index contributed by atoms with van der Waals surface area (Å²) in [5.74, 6) is 2.65. The number of rotatable bonds is 9. The molecule has 0 aliphatic heterocycles. The predicted octanol–water partition coefficient (Wildman–Crippen LogP) is 7.65. The lowest BCUT2D eigenvalue weighted by molar-refractivity contribution is 0.105. The van der Waals surface area contributed by atoms with E-state index in [1.54, 1.807) is 23.5 Å². The summed E-state index contributed by atoms with van der Waals surface area (Å²) in [7, 11) is 0. The second-order valence-electron chi connectivity index (χ2n) is 7.15. The van der Waals surface area contributed by atoms with E-state index in [4.69, 9.17) is 9.15 Å². The first-order chi connectivity index (χ1) is 14.0. The third kappa shape index (κ3) is 5.94. The molecule has 0 bridgehead atoms. The normalized spacial score (nSPS) is 11.5. The van der Waals surface area contributed by atoms with Crippen molar-refractivity contribution in [2.75, 3.05) is 0 Å². The largest absolute Gasteiger partial charge is 0.486 e. The van der Waals surface area contributed by atoms with Crippen LogP contribution < -0.4 is 4.74 Å². The number of aryl methyl sites for hydroxylation is 1. The molecule has 0 fully saturated rings. The minimum atomic E-state index is -0.0162. The average Bonchev–Trinajstić information content (AvgIpc) is 3.32. The van der Waals surface area contributed by atoms with Crippen molar-refractivity contribution in [2.24, 2.45) is 0 Å². The summed E-state index contributed by atoms with van der Waals surface area (Å²) in [5, 5.41) is 0. The van der Waals surface area contributed by atoms with Gasteiger partial charge in [0.05, 0.1) is 4.88 Å². The molecule has 1 aromatic carbocycles. The molecule has 0 aliphatic carbocycles. The number of ketones is 1. The van der Waals surface area contributed by atoms with E-state index in [-0.39, 0.29) is 5.78 Å². The van der Waals surface area contributed by atoms with Crippen LogP contribution in [0.2, 0.25) is 0 Å². The summed E-state index contributed by atoms with van der Waals surface area (Å²) in [4.78, 5) is 14.4. The zero-order valence-corrected chi connectivity index (χ0v) is 19.3. The maximum atomic E-state index is 12.4. The van der Waals surface area contributed by atoms with Crippen molar-refractivity contribution in [3.63, 3.8) is 0 Å². The fourth-order valence-electron chi connectivity index (χ4n) is 2.83. The molecule has 2 heterocycles. The first-order valence-corrected chi connectivity index (χ1v) is 11.4. The minimum Gasteiger partial charge on any atom is -0.486 e. The van der Waals surface area contributed by atoms with Crippen LogP contribution in [-0.4, -0.2) is 5.78 Å². The maximum Gasteiger partial charge on any atom is 0.195 e. The second kappa shape index (κ2) is 10.1. The van der Waals surface area contributed by atoms with Gasteiger partial charge in [-0.05, 0) is 76.3 Å². The van der Waals surface area contributed by atoms with Gasteiger partial charge < -0.3 is 9.15 Å². The van der Waals surface area contributed by atoms with Crippen molar-refractivity contribution in [3.05, 3.63) is 79.9 Å². The van der Waals surface area contributed by atoms with Gasteiger partial charge >= 0.3 is 0 Å². The van der Waals surface area contributed by atoms with Gasteiger partial charge in [0, 0.05) is 9.35 Å². The van der Waals surface area contributed by atoms with Crippen LogP contribution in [-0.2, 0) is 13.0 Å². The van der Waals surface area contributed by atoms with Gasteiger partial charge in [0.15, 0.2) is 5.78 Å². The minimum absolute atomic E-state index is 0.0162. The highest BCUT2D eigenvalue weighted by molar-refractivity contribution is 9.10. The van der Waals surface area contributed by atoms with Crippen LogP contribution in [0.5, 0.6) is 5.75 Å². The lowest BCUT2D eigenvalue weighted by Crippen LogP contribution is -1.94. The van der Waals surface area contributed by atoms with Crippen LogP contribution in [0.3, 0.4) is 0 Å². The Morgan fingerprint density at radius 3 is 2.66 bits per heavy atom. The smallest absolute Gasteiger partial charge is 0.195 e. The molecule has 0 unspecified atom stereocenters. The highest BCUT2D eigenvalue weighted by Gasteiger charge is 2.11. The Morgan fingerprint density at radius 2 is 1.97 bits per heavy atom. The Balaban J connectivity index is 1.56. The van der Waals surface area contributed by atoms with Crippen LogP contribution in [0.25, 0.3) is 6.08 Å². The monoisotopic (exact) mass is 472 g/mol. The molecule has 0 aliphatic rings. The first-order valence-electron chi connectivity index (χ1n) is 9.78. The molecule has 3 rings (SSSR count). The number of thiophene rings is 1. The van der Waals surface area contributed by atoms with Crippen LogP contribution >= 0.6 is 27.3 Å². The zero-order chi connectivity index (χ0) is 20.8. The quantitative estimate of drug-likeness (QED) is 0.237. The number of hydrogen-bond donors (Lipinski definition) is 0. The van der Waals surface area contributed by atoms with Gasteiger partial charge in [-0.15, -0.1) is 11.3 Å². The van der Waals surface area contributed by atoms with Crippen LogP contribution in [0.1, 0.15) is 64.7 Å². The average molecular weight is 473 g/mol. The Labute approximate surface area is 184 Å². The second-order valence-corrected chi connectivity index (χ2v) is 9.14. The lowest BCUT2D eigenvalue weighted by atomic mass is 10.0. The first kappa shape index (κ1) is 21.6. The molecule has 0 saturated heterocycles. The van der Waals surface area contributed by atoms with Crippen molar-refractivity contribution in [3.8, 4) is 5.75 Å². The van der Waals surface area contributed by atoms with Crippen molar-refractivity contribution >= 4 is 39.1 Å². The summed E-state index contributed by atoms with van der Waals surface area (Å²) < 4.78 is 12.6. The number of halogens is 1. The molecule has 0 atom stereocenters. The zero-order valence-electron chi connectivity index (χ0n) is 16.9. The fourth-order valence-corrected chi connectivity index (χ4v) is 4.73. The van der Waals surface area contributed by atoms with Gasteiger partial charge in [0.25, 0.3) is 0 Å². The summed E-state index contributed by atoms with van der Waals surface area (Å²) in [5.41, 5.74) is 1.28. The molecule has 0 amide bonds. The molecule has 152 valence electrons. The fraction of sp³-hybridized carbons (Fsp3) is 0.292. The van der Waals surface area contributed by atoms with E-state index in [9.17, 15) is 4.79 Å². The molecule has 2 aromatic heterocycles. The van der Waals surface area contributed by atoms with Gasteiger partial charge in [-0.1, -0.05) is 39.3 Å². The molecule has 0 radical (unpaired) electrons. The Bertz CT molecular complexity index is 980. The number of allylic oxidation sites excluding steroid dienone is 1. The lowest BCUT2D eigenvalue weighted by Gasteiger charge is -2.07. The molecule has 0 spiro atoms. The summed E-state index contributed by atoms with van der Waals surface area (Å²) in [6.45, 7) is 6.81. The Kier molecular flexibility index (Phi) is 7.51. The number of hydrogen-bond acceptors (Lipinski definition) is 4. The molecular weight excluding hydrogens is 448 g/mol. The number of benzene rings is 1. The topological polar surface area (TPSA) is 39.4 Å². The van der Waals surface area contributed by atoms with Crippen LogP contribution in [0, 0.1) is 0 Å². The molecule has 0 saturated carbocycles. The molecule has 3 nitrogen and oxygen atoms in total. The van der Waals surface area contributed by atoms with Gasteiger partial charge in [-0.2, -0.15) is 0 Å². The van der Waals surface area contributed by atoms with E-state index in [1.165, 1.54) is 10.4 Å². The van der Waals surface area contributed by atoms with Gasteiger partial charge in [-0.3, -0.25) is 4.79 Å². The van der Waals surface area contributed by atoms with Crippen molar-refractivity contribution < 1.29 is 13.9 Å². The van der Waals surface area contributed by atoms with Crippen molar-refractivity contribution in [1.29, 1.82) is 0 Å². The van der Waals surface area contributed by atoms with Crippen LogP contribution in [0.15, 0.2) is 57.4 Å². The Morgan fingerprint density at radius 1 is 1.21 bits per heavy atom. The van der Waals surface area contributed by atoms with Gasteiger partial charge in [0.1, 0.15) is 23.9 Å². The van der Waals surface area contributed by atoms with Crippen LogP contribution in [0.4, 0.5) is 0 Å². The molecule has 5 heteroatoms. The Hall–Kier alpha value is -2.11. The highest BCUT2D eigenvalue weighted by atomic mass is 79.9. The molecule has 29 heavy (non-hydrogen) atoms. The summed E-state index contributed by atoms with van der Waals surface area (Å²) >= 11 is 5.08. The molecular formula is C24H25BrO3S. The molecule has 3 aromatic rings. The van der Waals surface area contributed by atoms with E-state index >= 15 is 0 Å². The summed E-state index contributed by atoms with van der Waals surface area (Å²) in [6, 6.07) is 13.7. The van der Waals surface area contributed by atoms with E-state index < -0.39 is 0 Å². The van der Waals surface area contributed by atoms with Gasteiger partial charge in [-0.25, -0.2) is 0 Å². The maximum absolute atomic E-state index is 12.4. The third-order valence-corrected chi connectivity index (χ3v) is 6.67. The van der Waals surface area contributed by atoms with Gasteiger partial charge in [0.2, 0.25) is 0 Å². The van der Waals surface area contributed by atoms with Crippen molar-refractivity contribution in [1.82, 2.24) is 0 Å². The third-order valence-electron chi connectivity index (χ3n) is 4.49.